The molecule has 2 unspecified atom stereocenters. The highest BCUT2D eigenvalue weighted by molar-refractivity contribution is 5.78. The minimum atomic E-state index is -0.203. The Morgan fingerprint density at radius 2 is 2.12 bits per heavy atom. The van der Waals surface area contributed by atoms with Crippen LogP contribution in [0.2, 0.25) is 0 Å². The number of hydrogen-bond donors (Lipinski definition) is 1. The van der Waals surface area contributed by atoms with E-state index in [1.54, 1.807) is 0 Å². The van der Waals surface area contributed by atoms with Gasteiger partial charge in [-0.15, -0.1) is 0 Å². The maximum atomic E-state index is 11.8. The number of hydrogen-bond acceptors (Lipinski definition) is 2. The lowest BCUT2D eigenvalue weighted by Gasteiger charge is -2.26. The van der Waals surface area contributed by atoms with Crippen LogP contribution in [0.1, 0.15) is 53.4 Å². The van der Waals surface area contributed by atoms with Gasteiger partial charge in [0.25, 0.3) is 0 Å². The summed E-state index contributed by atoms with van der Waals surface area (Å²) in [6.45, 7) is 10.3. The highest BCUT2D eigenvalue weighted by atomic mass is 16.3. The first-order valence-corrected chi connectivity index (χ1v) is 6.80. The predicted octanol–water partition coefficient (Wildman–Crippen LogP) is 2.43. The molecule has 1 fully saturated rings. The molecule has 1 aliphatic heterocycles. The van der Waals surface area contributed by atoms with Gasteiger partial charge in [0.1, 0.15) is 0 Å². The zero-order chi connectivity index (χ0) is 13.1. The third-order valence-corrected chi connectivity index (χ3v) is 3.88. The Balaban J connectivity index is 2.34. The standard InChI is InChI=1S/C14H27NO2/c1-5-12(16)7-6-8-15-10-11(9-13(15)17)14(2,3)4/h11-12,16H,5-10H2,1-4H3. The van der Waals surface area contributed by atoms with E-state index in [0.717, 1.165) is 32.4 Å². The molecule has 1 aliphatic rings. The summed E-state index contributed by atoms with van der Waals surface area (Å²) in [6.07, 6.45) is 3.02. The second-order valence-electron chi connectivity index (χ2n) is 6.31. The molecule has 0 bridgehead atoms. The Morgan fingerprint density at radius 1 is 1.47 bits per heavy atom. The van der Waals surface area contributed by atoms with Crippen LogP contribution in [0.25, 0.3) is 0 Å². The third kappa shape index (κ3) is 4.30. The number of carbonyl (C=O) groups is 1. The molecule has 3 heteroatoms. The Kier molecular flexibility index (Phi) is 4.99. The summed E-state index contributed by atoms with van der Waals surface area (Å²) in [5.41, 5.74) is 0.216. The highest BCUT2D eigenvalue weighted by Crippen LogP contribution is 2.34. The summed E-state index contributed by atoms with van der Waals surface area (Å²) < 4.78 is 0. The van der Waals surface area contributed by atoms with Crippen LogP contribution in [-0.4, -0.2) is 35.1 Å². The van der Waals surface area contributed by atoms with Crippen molar-refractivity contribution in [1.82, 2.24) is 4.90 Å². The predicted molar refractivity (Wildman–Crippen MR) is 69.7 cm³/mol. The molecule has 1 heterocycles. The van der Waals surface area contributed by atoms with Gasteiger partial charge in [0.2, 0.25) is 5.91 Å². The molecule has 17 heavy (non-hydrogen) atoms. The summed E-state index contributed by atoms with van der Waals surface area (Å²) in [6, 6.07) is 0. The van der Waals surface area contributed by atoms with Crippen LogP contribution < -0.4 is 0 Å². The van der Waals surface area contributed by atoms with Gasteiger partial charge in [0.05, 0.1) is 6.10 Å². The maximum absolute atomic E-state index is 11.8. The Bertz CT molecular complexity index is 257. The van der Waals surface area contributed by atoms with E-state index in [1.807, 2.05) is 11.8 Å². The van der Waals surface area contributed by atoms with E-state index >= 15 is 0 Å². The van der Waals surface area contributed by atoms with Crippen molar-refractivity contribution in [3.8, 4) is 0 Å². The normalized spacial score (nSPS) is 23.2. The van der Waals surface area contributed by atoms with Crippen LogP contribution in [0, 0.1) is 11.3 Å². The van der Waals surface area contributed by atoms with Crippen LogP contribution in [0.5, 0.6) is 0 Å². The van der Waals surface area contributed by atoms with E-state index in [-0.39, 0.29) is 17.4 Å². The lowest BCUT2D eigenvalue weighted by atomic mass is 9.80. The van der Waals surface area contributed by atoms with Crippen molar-refractivity contribution in [3.63, 3.8) is 0 Å². The second kappa shape index (κ2) is 5.85. The Morgan fingerprint density at radius 3 is 2.59 bits per heavy atom. The average Bonchev–Trinajstić information content (AvgIpc) is 2.60. The van der Waals surface area contributed by atoms with E-state index in [2.05, 4.69) is 20.8 Å². The van der Waals surface area contributed by atoms with E-state index in [1.165, 1.54) is 0 Å². The van der Waals surface area contributed by atoms with Crippen molar-refractivity contribution in [1.29, 1.82) is 0 Å². The molecule has 0 aromatic rings. The first-order valence-electron chi connectivity index (χ1n) is 6.80. The number of nitrogens with zero attached hydrogens (tertiary/aromatic N) is 1. The molecule has 3 nitrogen and oxygen atoms in total. The SMILES string of the molecule is CCC(O)CCCN1CC(C(C)(C)C)CC1=O. The van der Waals surface area contributed by atoms with Gasteiger partial charge < -0.3 is 10.0 Å². The van der Waals surface area contributed by atoms with Gasteiger partial charge in [-0.1, -0.05) is 27.7 Å². The van der Waals surface area contributed by atoms with Crippen LogP contribution in [0.15, 0.2) is 0 Å². The van der Waals surface area contributed by atoms with Crippen molar-refractivity contribution >= 4 is 5.91 Å². The summed E-state index contributed by atoms with van der Waals surface area (Å²) in [5, 5.41) is 9.48. The quantitative estimate of drug-likeness (QED) is 0.803. The molecule has 100 valence electrons. The molecule has 2 atom stereocenters. The molecular formula is C14H27NO2. The molecule has 1 amide bonds. The van der Waals surface area contributed by atoms with Gasteiger partial charge >= 0.3 is 0 Å². The zero-order valence-electron chi connectivity index (χ0n) is 11.7. The fourth-order valence-corrected chi connectivity index (χ4v) is 2.29. The van der Waals surface area contributed by atoms with Crippen LogP contribution in [0.3, 0.4) is 0 Å². The van der Waals surface area contributed by atoms with Crippen LogP contribution >= 0.6 is 0 Å². The Labute approximate surface area is 105 Å². The van der Waals surface area contributed by atoms with Gasteiger partial charge in [-0.3, -0.25) is 4.79 Å². The van der Waals surface area contributed by atoms with Gasteiger partial charge in [0, 0.05) is 19.5 Å². The van der Waals surface area contributed by atoms with Gasteiger partial charge in [0.15, 0.2) is 0 Å². The van der Waals surface area contributed by atoms with Crippen molar-refractivity contribution in [2.24, 2.45) is 11.3 Å². The number of carbonyl (C=O) groups excluding carboxylic acids is 1. The number of aliphatic hydroxyl groups excluding tert-OH is 1. The molecule has 1 N–H and O–H groups in total. The van der Waals surface area contributed by atoms with Crippen LogP contribution in [0.4, 0.5) is 0 Å². The minimum Gasteiger partial charge on any atom is -0.393 e. The van der Waals surface area contributed by atoms with E-state index in [4.69, 9.17) is 0 Å². The average molecular weight is 241 g/mol. The van der Waals surface area contributed by atoms with Gasteiger partial charge in [-0.05, 0) is 30.6 Å². The fraction of sp³-hybridized carbons (Fsp3) is 0.929. The minimum absolute atomic E-state index is 0.203. The van der Waals surface area contributed by atoms with E-state index < -0.39 is 0 Å². The molecule has 1 rings (SSSR count). The highest BCUT2D eigenvalue weighted by Gasteiger charge is 2.36. The van der Waals surface area contributed by atoms with Crippen LogP contribution in [-0.2, 0) is 4.79 Å². The Hall–Kier alpha value is -0.570. The summed E-state index contributed by atoms with van der Waals surface area (Å²) in [5.74, 6) is 0.766. The van der Waals surface area contributed by atoms with Crippen molar-refractivity contribution < 1.29 is 9.90 Å². The fourth-order valence-electron chi connectivity index (χ4n) is 2.29. The first-order chi connectivity index (χ1) is 7.84. The summed E-state index contributed by atoms with van der Waals surface area (Å²) >= 11 is 0. The number of aliphatic hydroxyl groups is 1. The number of rotatable bonds is 5. The van der Waals surface area contributed by atoms with Gasteiger partial charge in [-0.2, -0.15) is 0 Å². The molecule has 0 aliphatic carbocycles. The first kappa shape index (κ1) is 14.5. The summed E-state index contributed by atoms with van der Waals surface area (Å²) in [7, 11) is 0. The monoisotopic (exact) mass is 241 g/mol. The lowest BCUT2D eigenvalue weighted by Crippen LogP contribution is -2.29. The second-order valence-corrected chi connectivity index (χ2v) is 6.31. The van der Waals surface area contributed by atoms with E-state index in [0.29, 0.717) is 12.3 Å². The van der Waals surface area contributed by atoms with Crippen molar-refractivity contribution in [3.05, 3.63) is 0 Å². The number of amides is 1. The molecule has 0 spiro atoms. The summed E-state index contributed by atoms with van der Waals surface area (Å²) in [4.78, 5) is 13.8. The third-order valence-electron chi connectivity index (χ3n) is 3.88. The maximum Gasteiger partial charge on any atom is 0.222 e. The topological polar surface area (TPSA) is 40.5 Å². The lowest BCUT2D eigenvalue weighted by molar-refractivity contribution is -0.127. The largest absolute Gasteiger partial charge is 0.393 e. The zero-order valence-corrected chi connectivity index (χ0v) is 11.7. The van der Waals surface area contributed by atoms with E-state index in [9.17, 15) is 9.90 Å². The molecule has 1 saturated heterocycles. The molecule has 0 saturated carbocycles. The molecule has 0 aromatic carbocycles. The number of likely N-dealkylation sites (tertiary alicyclic amines) is 1. The molecule has 0 aromatic heterocycles. The van der Waals surface area contributed by atoms with Crippen molar-refractivity contribution in [2.75, 3.05) is 13.1 Å². The smallest absolute Gasteiger partial charge is 0.222 e. The molecule has 0 radical (unpaired) electrons. The molecular weight excluding hydrogens is 214 g/mol. The van der Waals surface area contributed by atoms with Crippen molar-refractivity contribution in [2.45, 2.75) is 59.5 Å². The van der Waals surface area contributed by atoms with Gasteiger partial charge in [-0.25, -0.2) is 0 Å².